The number of halogens is 36. The van der Waals surface area contributed by atoms with E-state index in [1.54, 1.807) is 0 Å². The molecule has 0 aromatic heterocycles. The highest BCUT2D eigenvalue weighted by molar-refractivity contribution is 4.58. The van der Waals surface area contributed by atoms with Crippen LogP contribution in [0.1, 0.15) is 34.1 Å². The highest BCUT2D eigenvalue weighted by Crippen LogP contribution is 2.20. The van der Waals surface area contributed by atoms with Crippen LogP contribution in [0.2, 0.25) is 0 Å². The van der Waals surface area contributed by atoms with Crippen LogP contribution in [0.3, 0.4) is 0 Å². The van der Waals surface area contributed by atoms with Crippen LogP contribution in [0.15, 0.2) is 0 Å². The molecule has 0 aliphatic rings. The van der Waals surface area contributed by atoms with Crippen molar-refractivity contribution in [2.24, 2.45) is 0 Å². The van der Waals surface area contributed by atoms with Crippen molar-refractivity contribution in [2.75, 3.05) is 137 Å². The predicted molar refractivity (Wildman–Crippen MR) is 181 cm³/mol. The van der Waals surface area contributed by atoms with Crippen molar-refractivity contribution in [3.05, 3.63) is 0 Å². The molecular formula is C27H58F36O6. The van der Waals surface area contributed by atoms with Crippen LogP contribution in [0.25, 0.3) is 0 Å². The summed E-state index contributed by atoms with van der Waals surface area (Å²) in [6.45, 7) is -23.0. The van der Waals surface area contributed by atoms with E-state index in [0.717, 1.165) is 0 Å². The lowest BCUT2D eigenvalue weighted by Crippen LogP contribution is -2.26. The summed E-state index contributed by atoms with van der Waals surface area (Å²) in [4.78, 5) is 2.38. The van der Waals surface area contributed by atoms with Crippen molar-refractivity contribution in [1.29, 1.82) is 0 Å². The van der Waals surface area contributed by atoms with E-state index in [9.17, 15) is 154 Å². The lowest BCUT2D eigenvalue weighted by atomic mass is 10.3. The molecule has 69 heavy (non-hydrogen) atoms. The monoisotopic (exact) mass is 1160 g/mol. The normalized spacial score (nSPS) is 7.30. The molecule has 0 radical (unpaired) electrons. The fourth-order valence-electron chi connectivity index (χ4n) is 0.418. The fraction of sp³-hybridized carbons (Fsp3) is 1.00. The smallest absolute Gasteiger partial charge is 0.366 e. The molecule has 0 aromatic rings. The van der Waals surface area contributed by atoms with Crippen molar-refractivity contribution < 1.29 is 189 Å². The third kappa shape index (κ3) is 3060. The Morgan fingerprint density at radius 1 is 0.348 bits per heavy atom. The zero-order chi connectivity index (χ0) is 61.3. The van der Waals surface area contributed by atoms with Crippen LogP contribution in [-0.4, -0.2) is 170 Å². The molecule has 0 aliphatic carbocycles. The van der Waals surface area contributed by atoms with Gasteiger partial charge in [0.25, 0.3) is 0 Å². The molecule has 4 N–H and O–H groups in total. The van der Waals surface area contributed by atoms with Gasteiger partial charge in [0.05, 0.1) is 26.6 Å². The van der Waals surface area contributed by atoms with Gasteiger partial charge in [0, 0.05) is 6.42 Å². The first-order valence-electron chi connectivity index (χ1n) is 14.7. The molecule has 42 heteroatoms. The molecule has 0 spiro atoms. The molecule has 0 unspecified atom stereocenters. The van der Waals surface area contributed by atoms with Crippen LogP contribution >= 0.6 is 0 Å². The van der Waals surface area contributed by atoms with E-state index in [1.807, 2.05) is 0 Å². The number of aliphatic hydroxyl groups excluding tert-OH is 3. The molecule has 0 rings (SSSR count). The molecule has 0 saturated heterocycles. The summed E-state index contributed by atoms with van der Waals surface area (Å²) in [6.07, 6.45) is -4.78. The van der Waals surface area contributed by atoms with E-state index in [4.69, 9.17) is 25.2 Å². The first kappa shape index (κ1) is 132. The summed E-state index contributed by atoms with van der Waals surface area (Å²) < 4.78 is 363. The van der Waals surface area contributed by atoms with Gasteiger partial charge in [-0.2, -0.15) is 13.7 Å². The number of alkyl halides is 34. The molecule has 0 fully saturated rings. The second-order valence-electron chi connectivity index (χ2n) is 4.93. The molecule has 0 heterocycles. The maximum Gasteiger partial charge on any atom is 0.384 e. The van der Waals surface area contributed by atoms with Gasteiger partial charge >= 0.3 is 6.11 Å². The molecule has 0 bridgehead atoms. The van der Waals surface area contributed by atoms with Gasteiger partial charge in [-0.1, -0.05) is 4.53 Å². The number of hydrogen-bond acceptors (Lipinski definition) is 6. The Morgan fingerprint density at radius 2 is 0.449 bits per heavy atom. The topological polar surface area (TPSA) is 99.4 Å². The lowest BCUT2D eigenvalue weighted by molar-refractivity contribution is -0.250. The average molecular weight is 1160 g/mol. The second kappa shape index (κ2) is 259. The van der Waals surface area contributed by atoms with Gasteiger partial charge in [0.1, 0.15) is 0 Å². The number of ether oxygens (including phenoxy) is 1. The Balaban J connectivity index is -0.0000000209. The SMILES string of the molecule is CC(F)(F)CCOC(F)(F)CF.CCF.CCF.CCF.FCF.FCF.FCF.FCF.FCF.FCF.FCF.FCF.FCF.FCF.FCF.FCOF.OCF.OCF.OCF.OF. The fourth-order valence-corrected chi connectivity index (χ4v) is 0.418. The van der Waals surface area contributed by atoms with Gasteiger partial charge in [0.15, 0.2) is 27.3 Å². The van der Waals surface area contributed by atoms with Gasteiger partial charge in [-0.15, -0.1) is 0 Å². The highest BCUT2D eigenvalue weighted by Gasteiger charge is 2.31. The van der Waals surface area contributed by atoms with Gasteiger partial charge in [-0.05, 0) is 32.2 Å². The van der Waals surface area contributed by atoms with E-state index in [1.165, 1.54) is 20.8 Å². The van der Waals surface area contributed by atoms with Crippen molar-refractivity contribution in [1.82, 2.24) is 0 Å². The molecule has 0 aliphatic heterocycles. The largest absolute Gasteiger partial charge is 0.384 e. The Bertz CT molecular complexity index is 366. The summed E-state index contributed by atoms with van der Waals surface area (Å²) >= 11 is 0. The zero-order valence-electron chi connectivity index (χ0n) is 36.1. The Kier molecular flexibility index (Phi) is 495. The first-order chi connectivity index (χ1) is 32.2. The van der Waals surface area contributed by atoms with Crippen molar-refractivity contribution in [2.45, 2.75) is 46.1 Å². The van der Waals surface area contributed by atoms with E-state index >= 15 is 0 Å². The maximum absolute atomic E-state index is 12.0. The summed E-state index contributed by atoms with van der Waals surface area (Å²) in [7, 11) is 0. The second-order valence-corrected chi connectivity index (χ2v) is 4.93. The van der Waals surface area contributed by atoms with Gasteiger partial charge in [-0.25, -0.2) is 133 Å². The first-order valence-corrected chi connectivity index (χ1v) is 14.7. The van der Waals surface area contributed by atoms with Crippen LogP contribution in [0, 0.1) is 0 Å². The minimum Gasteiger partial charge on any atom is -0.366 e. The average Bonchev–Trinajstić information content (AvgIpc) is 3.23. The highest BCUT2D eigenvalue weighted by atomic mass is 19.3. The molecule has 0 amide bonds. The predicted octanol–water partition coefficient (Wildman–Crippen LogP) is 15.6. The van der Waals surface area contributed by atoms with Crippen LogP contribution in [-0.2, 0) is 9.68 Å². The third-order valence-electron chi connectivity index (χ3n) is 1.05. The van der Waals surface area contributed by atoms with Crippen LogP contribution < -0.4 is 0 Å². The van der Waals surface area contributed by atoms with Gasteiger partial charge in [0.2, 0.25) is 89.0 Å². The van der Waals surface area contributed by atoms with Crippen molar-refractivity contribution in [3.63, 3.8) is 0 Å². The Hall–Kier alpha value is -2.76. The van der Waals surface area contributed by atoms with Crippen LogP contribution in [0.5, 0.6) is 0 Å². The van der Waals surface area contributed by atoms with Crippen molar-refractivity contribution in [3.8, 4) is 0 Å². The molecule has 0 saturated carbocycles. The number of hydrogen-bond donors (Lipinski definition) is 4. The lowest BCUT2D eigenvalue weighted by Gasteiger charge is -2.14. The maximum atomic E-state index is 12.0. The van der Waals surface area contributed by atoms with E-state index in [-0.39, 0.29) is 20.0 Å². The number of aliphatic hydroxyl groups is 3. The molecule has 6 nitrogen and oxygen atoms in total. The quantitative estimate of drug-likeness (QED) is 0.198. The molecule has 0 aromatic carbocycles. The van der Waals surface area contributed by atoms with E-state index < -0.39 is 135 Å². The van der Waals surface area contributed by atoms with Crippen LogP contribution in [0.4, 0.5) is 158 Å². The summed E-state index contributed by atoms with van der Waals surface area (Å²) in [5.74, 6) is -3.06. The summed E-state index contributed by atoms with van der Waals surface area (Å²) in [6, 6.07) is 0. The Morgan fingerprint density at radius 3 is 0.507 bits per heavy atom. The van der Waals surface area contributed by atoms with E-state index in [2.05, 4.69) is 9.68 Å². The minimum absolute atomic E-state index is 0.250. The van der Waals surface area contributed by atoms with Crippen molar-refractivity contribution >= 4 is 0 Å². The molecular weight excluding hydrogens is 1100 g/mol. The van der Waals surface area contributed by atoms with Gasteiger partial charge < -0.3 is 20.1 Å². The third-order valence-corrected chi connectivity index (χ3v) is 1.05. The number of rotatable bonds is 6. The summed E-state index contributed by atoms with van der Waals surface area (Å²) in [5.41, 5.74) is 0. The molecule has 454 valence electrons. The minimum atomic E-state index is -3.94. The standard InChI is InChI=1S/C6H9F5O.3C2H5F.CH2F2O.11CH2F2.3CH3FO.FHO/c1-5(8,9)2-3-12-6(10,11)4-7;3*1-2-3;2-1-4-3;14*2-1-3;1-2/h2-4H2,1H3;3*2H2,1H3;1H2;11*1H2;3*3H,1H2;2H. The molecule has 0 atom stereocenters. The van der Waals surface area contributed by atoms with E-state index in [0.29, 0.717) is 6.92 Å². The summed E-state index contributed by atoms with van der Waals surface area (Å²) in [5, 5.41) is 26.2. The van der Waals surface area contributed by atoms with Gasteiger partial charge in [-0.3, -0.25) is 13.2 Å². The zero-order valence-corrected chi connectivity index (χ0v) is 36.1. The Labute approximate surface area is 373 Å².